The van der Waals surface area contributed by atoms with Crippen molar-refractivity contribution in [3.8, 4) is 28.1 Å². The van der Waals surface area contributed by atoms with Gasteiger partial charge in [-0.3, -0.25) is 14.5 Å². The molecule has 40 heavy (non-hydrogen) atoms. The number of rotatable bonds is 8. The van der Waals surface area contributed by atoms with Crippen molar-refractivity contribution in [3.05, 3.63) is 65.5 Å². The minimum Gasteiger partial charge on any atom is -0.496 e. The van der Waals surface area contributed by atoms with Gasteiger partial charge in [-0.15, -0.1) is 0 Å². The first-order valence-corrected chi connectivity index (χ1v) is 13.8. The SMILES string of the molecule is COc1cc(-c2cnc3[nH]cc(-c4ccc(C(=O)N(C)C)cc4)c3n2)cc2c1CN(CCC(=O)NC1CC1)CC2. The number of carbonyl (C=O) groups excluding carboxylic acids is 2. The molecule has 0 radical (unpaired) electrons. The lowest BCUT2D eigenvalue weighted by molar-refractivity contribution is -0.121. The first kappa shape index (κ1) is 26.0. The van der Waals surface area contributed by atoms with Gasteiger partial charge in [-0.25, -0.2) is 9.97 Å². The van der Waals surface area contributed by atoms with E-state index < -0.39 is 0 Å². The standard InChI is InChI=1S/C31H34N6O3/c1-36(2)31(39)20-6-4-19(5-7-20)24-16-32-30-29(24)35-26(17-33-30)22-14-21-10-12-37(18-25(21)27(15-22)40-3)13-11-28(38)34-23-8-9-23/h4-7,14-17,23H,8-13,18H2,1-3H3,(H,32,33)(H,34,38). The summed E-state index contributed by atoms with van der Waals surface area (Å²) in [5.74, 6) is 0.944. The zero-order valence-corrected chi connectivity index (χ0v) is 23.2. The summed E-state index contributed by atoms with van der Waals surface area (Å²) in [6.07, 6.45) is 7.32. The number of hydrogen-bond acceptors (Lipinski definition) is 6. The molecule has 0 atom stereocenters. The van der Waals surface area contributed by atoms with Crippen LogP contribution in [0.4, 0.5) is 0 Å². The number of carbonyl (C=O) groups is 2. The Bertz CT molecular complexity index is 1550. The molecule has 2 aromatic carbocycles. The van der Waals surface area contributed by atoms with E-state index in [1.165, 1.54) is 11.1 Å². The number of ether oxygens (including phenoxy) is 1. The van der Waals surface area contributed by atoms with E-state index in [-0.39, 0.29) is 11.8 Å². The largest absolute Gasteiger partial charge is 0.496 e. The minimum absolute atomic E-state index is 0.0314. The van der Waals surface area contributed by atoms with Crippen LogP contribution in [0.25, 0.3) is 33.5 Å². The topological polar surface area (TPSA) is 103 Å². The Hall–Kier alpha value is -4.24. The van der Waals surface area contributed by atoms with Gasteiger partial charge in [-0.1, -0.05) is 12.1 Å². The van der Waals surface area contributed by atoms with E-state index in [1.807, 2.05) is 36.5 Å². The lowest BCUT2D eigenvalue weighted by Gasteiger charge is -2.30. The Morgan fingerprint density at radius 2 is 1.95 bits per heavy atom. The highest BCUT2D eigenvalue weighted by Crippen LogP contribution is 2.35. The molecule has 1 saturated carbocycles. The van der Waals surface area contributed by atoms with E-state index in [4.69, 9.17) is 9.72 Å². The fourth-order valence-electron chi connectivity index (χ4n) is 5.30. The van der Waals surface area contributed by atoms with Gasteiger partial charge in [0.15, 0.2) is 5.65 Å². The van der Waals surface area contributed by atoms with Crippen LogP contribution in [-0.2, 0) is 17.8 Å². The molecule has 2 aromatic heterocycles. The van der Waals surface area contributed by atoms with Gasteiger partial charge in [0.1, 0.15) is 11.3 Å². The number of nitrogens with one attached hydrogen (secondary N) is 2. The van der Waals surface area contributed by atoms with Gasteiger partial charge < -0.3 is 19.9 Å². The van der Waals surface area contributed by atoms with Crippen molar-refractivity contribution >= 4 is 23.0 Å². The van der Waals surface area contributed by atoms with E-state index in [1.54, 1.807) is 32.3 Å². The lowest BCUT2D eigenvalue weighted by Crippen LogP contribution is -2.35. The summed E-state index contributed by atoms with van der Waals surface area (Å²) in [6, 6.07) is 12.2. The van der Waals surface area contributed by atoms with Gasteiger partial charge in [0.2, 0.25) is 5.91 Å². The molecule has 3 heterocycles. The van der Waals surface area contributed by atoms with E-state index >= 15 is 0 Å². The summed E-state index contributed by atoms with van der Waals surface area (Å²) < 4.78 is 5.83. The van der Waals surface area contributed by atoms with Gasteiger partial charge in [-0.05, 0) is 54.7 Å². The average molecular weight is 539 g/mol. The maximum absolute atomic E-state index is 12.3. The fraction of sp³-hybridized carbons (Fsp3) is 0.355. The molecule has 0 unspecified atom stereocenters. The number of methoxy groups -OCH3 is 1. The number of amides is 2. The highest BCUT2D eigenvalue weighted by Gasteiger charge is 2.25. The second-order valence-corrected chi connectivity index (χ2v) is 10.9. The number of hydrogen-bond donors (Lipinski definition) is 2. The smallest absolute Gasteiger partial charge is 0.253 e. The molecular weight excluding hydrogens is 504 g/mol. The Morgan fingerprint density at radius 3 is 2.67 bits per heavy atom. The van der Waals surface area contributed by atoms with Crippen molar-refractivity contribution in [1.29, 1.82) is 0 Å². The molecule has 1 aliphatic carbocycles. The number of aromatic nitrogens is 3. The third-order valence-corrected chi connectivity index (χ3v) is 7.72. The van der Waals surface area contributed by atoms with Crippen LogP contribution in [0.3, 0.4) is 0 Å². The normalized spacial score (nSPS) is 15.1. The van der Waals surface area contributed by atoms with Gasteiger partial charge in [0, 0.05) is 74.6 Å². The summed E-state index contributed by atoms with van der Waals surface area (Å²) in [4.78, 5) is 41.2. The molecule has 9 heteroatoms. The van der Waals surface area contributed by atoms with Crippen LogP contribution in [0.2, 0.25) is 0 Å². The second-order valence-electron chi connectivity index (χ2n) is 10.9. The zero-order valence-electron chi connectivity index (χ0n) is 23.2. The van der Waals surface area contributed by atoms with Crippen LogP contribution in [0.5, 0.6) is 5.75 Å². The van der Waals surface area contributed by atoms with Crippen molar-refractivity contribution in [3.63, 3.8) is 0 Å². The number of fused-ring (bicyclic) bond motifs is 2. The Labute approximate surface area is 233 Å². The molecule has 1 fully saturated rings. The molecule has 0 bridgehead atoms. The molecular formula is C31H34N6O3. The van der Waals surface area contributed by atoms with Gasteiger partial charge in [0.25, 0.3) is 5.91 Å². The lowest BCUT2D eigenvalue weighted by atomic mass is 9.95. The van der Waals surface area contributed by atoms with Crippen LogP contribution < -0.4 is 10.1 Å². The highest BCUT2D eigenvalue weighted by atomic mass is 16.5. The Balaban J connectivity index is 1.24. The van der Waals surface area contributed by atoms with E-state index in [0.717, 1.165) is 72.5 Å². The molecule has 4 aromatic rings. The summed E-state index contributed by atoms with van der Waals surface area (Å²) in [5, 5.41) is 3.08. The van der Waals surface area contributed by atoms with Crippen LogP contribution in [0, 0.1) is 0 Å². The number of benzene rings is 2. The Kier molecular flexibility index (Phi) is 6.98. The van der Waals surface area contributed by atoms with E-state index in [0.29, 0.717) is 23.7 Å². The molecule has 0 spiro atoms. The summed E-state index contributed by atoms with van der Waals surface area (Å²) in [5.41, 5.74) is 8.15. The molecule has 6 rings (SSSR count). The van der Waals surface area contributed by atoms with E-state index in [9.17, 15) is 9.59 Å². The molecule has 2 aliphatic rings. The summed E-state index contributed by atoms with van der Waals surface area (Å²) in [7, 11) is 5.19. The molecule has 2 N–H and O–H groups in total. The zero-order chi connectivity index (χ0) is 27.8. The number of aromatic amines is 1. The first-order chi connectivity index (χ1) is 19.4. The van der Waals surface area contributed by atoms with Gasteiger partial charge in [-0.2, -0.15) is 0 Å². The van der Waals surface area contributed by atoms with Crippen LogP contribution in [0.15, 0.2) is 48.8 Å². The van der Waals surface area contributed by atoms with Crippen molar-refractivity contribution < 1.29 is 14.3 Å². The van der Waals surface area contributed by atoms with Crippen molar-refractivity contribution in [2.75, 3.05) is 34.3 Å². The molecule has 9 nitrogen and oxygen atoms in total. The van der Waals surface area contributed by atoms with Crippen molar-refractivity contribution in [2.45, 2.75) is 38.3 Å². The Morgan fingerprint density at radius 1 is 1.15 bits per heavy atom. The highest BCUT2D eigenvalue weighted by molar-refractivity contribution is 5.96. The predicted octanol–water partition coefficient (Wildman–Crippen LogP) is 4.03. The van der Waals surface area contributed by atoms with Gasteiger partial charge >= 0.3 is 0 Å². The first-order valence-electron chi connectivity index (χ1n) is 13.8. The number of nitrogens with zero attached hydrogens (tertiary/aromatic N) is 4. The minimum atomic E-state index is -0.0314. The molecule has 2 amide bonds. The third-order valence-electron chi connectivity index (χ3n) is 7.72. The summed E-state index contributed by atoms with van der Waals surface area (Å²) >= 11 is 0. The van der Waals surface area contributed by atoms with E-state index in [2.05, 4.69) is 26.3 Å². The third kappa shape index (κ3) is 5.29. The van der Waals surface area contributed by atoms with Crippen molar-refractivity contribution in [1.82, 2.24) is 30.1 Å². The van der Waals surface area contributed by atoms with Crippen molar-refractivity contribution in [2.24, 2.45) is 0 Å². The molecule has 0 saturated heterocycles. The monoisotopic (exact) mass is 538 g/mol. The predicted molar refractivity (Wildman–Crippen MR) is 154 cm³/mol. The quantitative estimate of drug-likeness (QED) is 0.351. The second kappa shape index (κ2) is 10.7. The fourth-order valence-corrected chi connectivity index (χ4v) is 5.30. The van der Waals surface area contributed by atoms with Gasteiger partial charge in [0.05, 0.1) is 19.0 Å². The summed E-state index contributed by atoms with van der Waals surface area (Å²) in [6.45, 7) is 2.40. The average Bonchev–Trinajstić information content (AvgIpc) is 3.69. The molecule has 206 valence electrons. The maximum Gasteiger partial charge on any atom is 0.253 e. The van der Waals surface area contributed by atoms with Crippen LogP contribution >= 0.6 is 0 Å². The molecule has 1 aliphatic heterocycles. The number of H-pyrrole nitrogens is 1. The maximum atomic E-state index is 12.3. The van der Waals surface area contributed by atoms with Crippen LogP contribution in [0.1, 0.15) is 40.7 Å². The van der Waals surface area contributed by atoms with Crippen LogP contribution in [-0.4, -0.2) is 76.9 Å².